The molecule has 1 heterocycles. The summed E-state index contributed by atoms with van der Waals surface area (Å²) in [5.74, 6) is -2.98. The van der Waals surface area contributed by atoms with E-state index in [1.54, 1.807) is 0 Å². The smallest absolute Gasteiger partial charge is 0.426 e. The summed E-state index contributed by atoms with van der Waals surface area (Å²) in [6.45, 7) is 4.72. The summed E-state index contributed by atoms with van der Waals surface area (Å²) in [7, 11) is -1.68. The minimum atomic E-state index is -1.68. The quantitative estimate of drug-likeness (QED) is 0.0971. The number of carbonyl (C=O) groups is 4. The van der Waals surface area contributed by atoms with Crippen LogP contribution in [0.3, 0.4) is 0 Å². The van der Waals surface area contributed by atoms with Gasteiger partial charge in [-0.25, -0.2) is 0 Å². The van der Waals surface area contributed by atoms with E-state index in [-0.39, 0.29) is 30.4 Å². The van der Waals surface area contributed by atoms with Gasteiger partial charge in [-0.15, -0.1) is 0 Å². The van der Waals surface area contributed by atoms with Crippen molar-refractivity contribution in [3.63, 3.8) is 0 Å². The van der Waals surface area contributed by atoms with E-state index in [4.69, 9.17) is 11.5 Å². The number of nitrogens with two attached hydrogens (primary N) is 2. The molecule has 2 aromatic carbocycles. The zero-order chi connectivity index (χ0) is 35.1. The number of nitrogens with zero attached hydrogens (tertiary/aromatic N) is 1. The monoisotopic (exact) mass is 663 g/mol. The molecule has 2 aromatic rings. The molecule has 0 aliphatic carbocycles. The Kier molecular flexibility index (Phi) is 16.2. The molecule has 8 N–H and O–H groups in total. The Morgan fingerprint density at radius 2 is 1.48 bits per heavy atom. The summed E-state index contributed by atoms with van der Waals surface area (Å²) < 4.78 is 0. The second-order valence-electron chi connectivity index (χ2n) is 13.4. The fraction of sp³-hybridized carbons (Fsp3) is 0.556. The topological polar surface area (TPSA) is 188 Å². The molecule has 0 saturated carbocycles. The van der Waals surface area contributed by atoms with Crippen molar-refractivity contribution in [3.05, 3.63) is 71.8 Å². The zero-order valence-corrected chi connectivity index (χ0v) is 28.4. The lowest BCUT2D eigenvalue weighted by Gasteiger charge is -2.38. The fourth-order valence-electron chi connectivity index (χ4n) is 6.35. The van der Waals surface area contributed by atoms with Gasteiger partial charge >= 0.3 is 7.12 Å². The predicted molar refractivity (Wildman–Crippen MR) is 187 cm³/mol. The Balaban J connectivity index is 1.79. The van der Waals surface area contributed by atoms with E-state index in [9.17, 15) is 29.2 Å². The molecule has 0 bridgehead atoms. The highest BCUT2D eigenvalue weighted by Gasteiger charge is 2.39. The first-order chi connectivity index (χ1) is 23.0. The molecule has 48 heavy (non-hydrogen) atoms. The van der Waals surface area contributed by atoms with Gasteiger partial charge in [-0.1, -0.05) is 80.9 Å². The highest BCUT2D eigenvalue weighted by Crippen LogP contribution is 2.22. The van der Waals surface area contributed by atoms with Crippen molar-refractivity contribution in [3.8, 4) is 0 Å². The summed E-state index contributed by atoms with van der Waals surface area (Å²) >= 11 is 0. The summed E-state index contributed by atoms with van der Waals surface area (Å²) in [5.41, 5.74) is 13.7. The Labute approximate surface area is 285 Å². The van der Waals surface area contributed by atoms with E-state index in [0.29, 0.717) is 51.6 Å². The Bertz CT molecular complexity index is 1300. The SMILES string of the molecule is CC(C)C[C@@H](CC(=O)[C@@H](Cc1ccccc1)NC(=O)[C@H](N)Cc1ccccc1)C(=O)N[C@H](CCCCN)C(=O)N1CCCCC1B(O)O. The van der Waals surface area contributed by atoms with Crippen LogP contribution >= 0.6 is 0 Å². The molecule has 1 saturated heterocycles. The fourth-order valence-corrected chi connectivity index (χ4v) is 6.35. The van der Waals surface area contributed by atoms with Gasteiger partial charge in [0.2, 0.25) is 17.7 Å². The van der Waals surface area contributed by atoms with Crippen LogP contribution in [0.4, 0.5) is 0 Å². The number of amides is 3. The second-order valence-corrected chi connectivity index (χ2v) is 13.4. The van der Waals surface area contributed by atoms with Gasteiger partial charge in [0.25, 0.3) is 0 Å². The average molecular weight is 664 g/mol. The van der Waals surface area contributed by atoms with Crippen molar-refractivity contribution in [1.82, 2.24) is 15.5 Å². The van der Waals surface area contributed by atoms with Crippen LogP contribution in [-0.4, -0.2) is 82.7 Å². The molecule has 0 spiro atoms. The van der Waals surface area contributed by atoms with Crippen LogP contribution in [0.2, 0.25) is 0 Å². The van der Waals surface area contributed by atoms with Crippen molar-refractivity contribution in [2.75, 3.05) is 13.1 Å². The van der Waals surface area contributed by atoms with E-state index >= 15 is 0 Å². The number of hydrogen-bond acceptors (Lipinski definition) is 8. The number of carbonyl (C=O) groups excluding carboxylic acids is 4. The first-order valence-electron chi connectivity index (χ1n) is 17.3. The molecule has 12 heteroatoms. The van der Waals surface area contributed by atoms with E-state index in [1.165, 1.54) is 4.90 Å². The lowest BCUT2D eigenvalue weighted by molar-refractivity contribution is -0.140. The van der Waals surface area contributed by atoms with Crippen LogP contribution < -0.4 is 22.1 Å². The first-order valence-corrected chi connectivity index (χ1v) is 17.3. The van der Waals surface area contributed by atoms with Gasteiger partial charge < -0.3 is 37.0 Å². The molecule has 1 aliphatic rings. The number of hydrogen-bond donors (Lipinski definition) is 6. The van der Waals surface area contributed by atoms with Gasteiger partial charge in [0.1, 0.15) is 6.04 Å². The maximum Gasteiger partial charge on any atom is 0.475 e. The van der Waals surface area contributed by atoms with Crippen molar-refractivity contribution < 1.29 is 29.2 Å². The summed E-state index contributed by atoms with van der Waals surface area (Å²) in [6, 6.07) is 16.1. The maximum atomic E-state index is 14.0. The lowest BCUT2D eigenvalue weighted by Crippen LogP contribution is -2.58. The zero-order valence-electron chi connectivity index (χ0n) is 28.4. The third-order valence-electron chi connectivity index (χ3n) is 8.94. The number of benzene rings is 2. The predicted octanol–water partition coefficient (Wildman–Crippen LogP) is 1.91. The van der Waals surface area contributed by atoms with Crippen LogP contribution in [0, 0.1) is 11.8 Å². The van der Waals surface area contributed by atoms with Gasteiger partial charge in [-0.05, 0) is 75.0 Å². The van der Waals surface area contributed by atoms with Gasteiger partial charge in [0, 0.05) is 18.9 Å². The van der Waals surface area contributed by atoms with E-state index in [2.05, 4.69) is 10.6 Å². The number of rotatable bonds is 19. The van der Waals surface area contributed by atoms with Gasteiger partial charge in [-0.2, -0.15) is 0 Å². The van der Waals surface area contributed by atoms with Gasteiger partial charge in [0.15, 0.2) is 5.78 Å². The molecular formula is C36H54BN5O6. The number of Topliss-reactive ketones (excluding diaryl/α,β-unsaturated/α-hetero) is 1. The Hall–Kier alpha value is -3.58. The second kappa shape index (κ2) is 20.1. The third kappa shape index (κ3) is 12.5. The Morgan fingerprint density at radius 1 is 0.875 bits per heavy atom. The highest BCUT2D eigenvalue weighted by atomic mass is 16.4. The number of nitrogens with one attached hydrogen (secondary N) is 2. The number of likely N-dealkylation sites (tertiary alicyclic amines) is 1. The van der Waals surface area contributed by atoms with Crippen LogP contribution in [0.25, 0.3) is 0 Å². The number of piperidine rings is 1. The molecule has 3 amide bonds. The Morgan fingerprint density at radius 3 is 2.06 bits per heavy atom. The van der Waals surface area contributed by atoms with Gasteiger partial charge in [-0.3, -0.25) is 19.2 Å². The highest BCUT2D eigenvalue weighted by molar-refractivity contribution is 6.43. The maximum absolute atomic E-state index is 14.0. The van der Waals surface area contributed by atoms with E-state index < -0.39 is 48.9 Å². The standard InChI is InChI=1S/C36H54BN5O6/c1-25(2)21-28(34(44)40-30(17-9-11-19-38)36(46)42-20-12-10-18-33(42)37(47)48)24-32(43)31(23-27-15-7-4-8-16-27)41-35(45)29(39)22-26-13-5-3-6-14-26/h3-8,13-16,25,28-31,33,47-48H,9-12,17-24,38-39H2,1-2H3,(H,40,44)(H,41,45)/t28-,29+,30+,31+,33?/m0/s1. The molecule has 0 aromatic heterocycles. The lowest BCUT2D eigenvalue weighted by atomic mass is 9.73. The molecule has 3 rings (SSSR count). The summed E-state index contributed by atoms with van der Waals surface area (Å²) in [6.07, 6.45) is 4.34. The van der Waals surface area contributed by atoms with E-state index in [1.807, 2.05) is 74.5 Å². The third-order valence-corrected chi connectivity index (χ3v) is 8.94. The number of unbranched alkanes of at least 4 members (excludes halogenated alkanes) is 1. The average Bonchev–Trinajstić information content (AvgIpc) is 3.07. The first kappa shape index (κ1) is 38.9. The van der Waals surface area contributed by atoms with Crippen molar-refractivity contribution in [2.24, 2.45) is 23.3 Å². The molecule has 1 fully saturated rings. The molecule has 262 valence electrons. The van der Waals surface area contributed by atoms with Gasteiger partial charge in [0.05, 0.1) is 18.0 Å². The van der Waals surface area contributed by atoms with Crippen LogP contribution in [0.15, 0.2) is 60.7 Å². The molecule has 0 radical (unpaired) electrons. The summed E-state index contributed by atoms with van der Waals surface area (Å²) in [4.78, 5) is 56.4. The van der Waals surface area contributed by atoms with Crippen molar-refractivity contribution >= 4 is 30.6 Å². The summed E-state index contributed by atoms with van der Waals surface area (Å²) in [5, 5.41) is 25.7. The van der Waals surface area contributed by atoms with Crippen molar-refractivity contribution in [1.29, 1.82) is 0 Å². The normalized spacial score (nSPS) is 17.2. The van der Waals surface area contributed by atoms with Crippen molar-refractivity contribution in [2.45, 2.75) is 102 Å². The van der Waals surface area contributed by atoms with Crippen LogP contribution in [-0.2, 0) is 32.0 Å². The van der Waals surface area contributed by atoms with E-state index in [0.717, 1.165) is 24.0 Å². The molecule has 1 aliphatic heterocycles. The van der Waals surface area contributed by atoms with Crippen LogP contribution in [0.1, 0.15) is 76.3 Å². The largest absolute Gasteiger partial charge is 0.475 e. The molecule has 11 nitrogen and oxygen atoms in total. The minimum absolute atomic E-state index is 0.0670. The minimum Gasteiger partial charge on any atom is -0.426 e. The number of ketones is 1. The molecule has 1 unspecified atom stereocenters. The molecule has 5 atom stereocenters. The van der Waals surface area contributed by atoms with Crippen LogP contribution in [0.5, 0.6) is 0 Å². The molecular weight excluding hydrogens is 609 g/mol.